The molecule has 0 saturated carbocycles. The Bertz CT molecular complexity index is 1020. The van der Waals surface area contributed by atoms with Gasteiger partial charge in [-0.2, -0.15) is 0 Å². The third-order valence-electron chi connectivity index (χ3n) is 3.38. The van der Waals surface area contributed by atoms with E-state index in [-0.39, 0.29) is 15.6 Å². The first-order chi connectivity index (χ1) is 10.8. The minimum absolute atomic E-state index is 0.0116. The van der Waals surface area contributed by atoms with Gasteiger partial charge in [-0.15, -0.1) is 0 Å². The van der Waals surface area contributed by atoms with Crippen molar-refractivity contribution in [1.29, 1.82) is 0 Å². The van der Waals surface area contributed by atoms with Gasteiger partial charge in [0.25, 0.3) is 10.0 Å². The van der Waals surface area contributed by atoms with Gasteiger partial charge in [0.05, 0.1) is 10.4 Å². The van der Waals surface area contributed by atoms with Gasteiger partial charge in [0, 0.05) is 11.6 Å². The van der Waals surface area contributed by atoms with E-state index in [1.165, 1.54) is 30.5 Å². The third kappa shape index (κ3) is 2.58. The van der Waals surface area contributed by atoms with Crippen LogP contribution in [0.4, 0.5) is 0 Å². The Kier molecular flexibility index (Phi) is 3.62. The minimum Gasteiger partial charge on any atom is -0.476 e. The molecule has 0 atom stereocenters. The van der Waals surface area contributed by atoms with Gasteiger partial charge in [-0.1, -0.05) is 29.3 Å². The standard InChI is InChI=1S/C15H11ClN2O4S/c1-9-2-4-11(5-3-9)23(21,22)18-7-6-10-8-12(16)17-13(14(10)18)15(19)20/h2-8H,1H3,(H,19,20). The van der Waals surface area contributed by atoms with E-state index in [9.17, 15) is 18.3 Å². The van der Waals surface area contributed by atoms with Crippen molar-refractivity contribution >= 4 is 38.5 Å². The lowest BCUT2D eigenvalue weighted by atomic mass is 10.2. The Morgan fingerprint density at radius 1 is 1.22 bits per heavy atom. The molecule has 6 nitrogen and oxygen atoms in total. The van der Waals surface area contributed by atoms with E-state index >= 15 is 0 Å². The Labute approximate surface area is 137 Å². The van der Waals surface area contributed by atoms with Gasteiger partial charge in [0.1, 0.15) is 5.15 Å². The number of rotatable bonds is 3. The van der Waals surface area contributed by atoms with Crippen LogP contribution in [0.1, 0.15) is 16.1 Å². The van der Waals surface area contributed by atoms with Crippen molar-refractivity contribution in [3.05, 3.63) is 59.0 Å². The fourth-order valence-corrected chi connectivity index (χ4v) is 3.84. The van der Waals surface area contributed by atoms with E-state index < -0.39 is 21.7 Å². The number of benzene rings is 1. The van der Waals surface area contributed by atoms with Crippen LogP contribution in [0.25, 0.3) is 10.9 Å². The van der Waals surface area contributed by atoms with Crippen LogP contribution >= 0.6 is 11.6 Å². The first kappa shape index (κ1) is 15.5. The van der Waals surface area contributed by atoms with Gasteiger partial charge in [-0.3, -0.25) is 0 Å². The highest BCUT2D eigenvalue weighted by Gasteiger charge is 2.24. The number of hydrogen-bond acceptors (Lipinski definition) is 4. The molecule has 0 aliphatic rings. The fraction of sp³-hybridized carbons (Fsp3) is 0.0667. The molecule has 2 heterocycles. The number of carboxylic acids is 1. The van der Waals surface area contributed by atoms with Crippen molar-refractivity contribution in [2.75, 3.05) is 0 Å². The molecule has 0 amide bonds. The zero-order valence-corrected chi connectivity index (χ0v) is 13.5. The van der Waals surface area contributed by atoms with Gasteiger partial charge in [-0.25, -0.2) is 22.2 Å². The van der Waals surface area contributed by atoms with Gasteiger partial charge < -0.3 is 5.11 Å². The van der Waals surface area contributed by atoms with Crippen LogP contribution in [0.3, 0.4) is 0 Å². The lowest BCUT2D eigenvalue weighted by Crippen LogP contribution is -2.14. The average molecular weight is 351 g/mol. The zero-order chi connectivity index (χ0) is 16.8. The maximum Gasteiger partial charge on any atom is 0.356 e. The molecule has 0 radical (unpaired) electrons. The number of carbonyl (C=O) groups is 1. The highest BCUT2D eigenvalue weighted by molar-refractivity contribution is 7.90. The van der Waals surface area contributed by atoms with Crippen molar-refractivity contribution in [2.45, 2.75) is 11.8 Å². The summed E-state index contributed by atoms with van der Waals surface area (Å²) in [5.74, 6) is -1.35. The number of aromatic carboxylic acids is 1. The van der Waals surface area contributed by atoms with E-state index in [1.54, 1.807) is 12.1 Å². The Morgan fingerprint density at radius 3 is 2.48 bits per heavy atom. The van der Waals surface area contributed by atoms with Crippen LogP contribution in [-0.2, 0) is 10.0 Å². The second-order valence-electron chi connectivity index (χ2n) is 4.97. The lowest BCUT2D eigenvalue weighted by Gasteiger charge is -2.09. The van der Waals surface area contributed by atoms with Crippen LogP contribution in [0.5, 0.6) is 0 Å². The summed E-state index contributed by atoms with van der Waals surface area (Å²) < 4.78 is 26.5. The molecule has 1 N–H and O–H groups in total. The highest BCUT2D eigenvalue weighted by Crippen LogP contribution is 2.26. The molecule has 8 heteroatoms. The molecule has 23 heavy (non-hydrogen) atoms. The van der Waals surface area contributed by atoms with Crippen molar-refractivity contribution in [2.24, 2.45) is 0 Å². The predicted molar refractivity (Wildman–Crippen MR) is 85.5 cm³/mol. The van der Waals surface area contributed by atoms with E-state index in [4.69, 9.17) is 11.6 Å². The van der Waals surface area contributed by atoms with Crippen LogP contribution < -0.4 is 0 Å². The maximum absolute atomic E-state index is 12.8. The first-order valence-corrected chi connectivity index (χ1v) is 8.35. The summed E-state index contributed by atoms with van der Waals surface area (Å²) in [4.78, 5) is 15.2. The number of hydrogen-bond donors (Lipinski definition) is 1. The Morgan fingerprint density at radius 2 is 1.87 bits per heavy atom. The molecule has 0 unspecified atom stereocenters. The zero-order valence-electron chi connectivity index (χ0n) is 11.9. The summed E-state index contributed by atoms with van der Waals surface area (Å²) in [6.45, 7) is 1.84. The molecule has 0 fully saturated rings. The quantitative estimate of drug-likeness (QED) is 0.733. The van der Waals surface area contributed by atoms with Gasteiger partial charge >= 0.3 is 5.97 Å². The Hall–Kier alpha value is -2.38. The molecule has 3 rings (SSSR count). The smallest absolute Gasteiger partial charge is 0.356 e. The molecule has 0 aliphatic heterocycles. The number of aryl methyl sites for hydroxylation is 1. The topological polar surface area (TPSA) is 89.3 Å². The Balaban J connectivity index is 2.32. The van der Waals surface area contributed by atoms with Crippen molar-refractivity contribution < 1.29 is 18.3 Å². The van der Waals surface area contributed by atoms with Gasteiger partial charge in [0.2, 0.25) is 0 Å². The molecular weight excluding hydrogens is 340 g/mol. The summed E-state index contributed by atoms with van der Waals surface area (Å²) in [7, 11) is -3.94. The molecule has 0 saturated heterocycles. The van der Waals surface area contributed by atoms with Crippen LogP contribution in [0.15, 0.2) is 47.5 Å². The highest BCUT2D eigenvalue weighted by atomic mass is 35.5. The molecule has 0 aliphatic carbocycles. The number of halogens is 1. The monoisotopic (exact) mass is 350 g/mol. The van der Waals surface area contributed by atoms with E-state index in [1.807, 2.05) is 6.92 Å². The van der Waals surface area contributed by atoms with Crippen LogP contribution in [0.2, 0.25) is 5.15 Å². The summed E-state index contributed by atoms with van der Waals surface area (Å²) in [5.41, 5.74) is 0.497. The first-order valence-electron chi connectivity index (χ1n) is 6.54. The molecule has 2 aromatic heterocycles. The SMILES string of the molecule is Cc1ccc(S(=O)(=O)n2ccc3cc(Cl)nc(C(=O)O)c32)cc1. The number of pyridine rings is 1. The summed E-state index contributed by atoms with van der Waals surface area (Å²) in [6.07, 6.45) is 1.30. The summed E-state index contributed by atoms with van der Waals surface area (Å²) >= 11 is 5.79. The van der Waals surface area contributed by atoms with E-state index in [2.05, 4.69) is 4.98 Å². The van der Waals surface area contributed by atoms with E-state index in [0.717, 1.165) is 9.54 Å². The molecule has 1 aromatic carbocycles. The molecule has 3 aromatic rings. The van der Waals surface area contributed by atoms with Crippen molar-refractivity contribution in [3.8, 4) is 0 Å². The molecule has 0 bridgehead atoms. The molecule has 118 valence electrons. The number of fused-ring (bicyclic) bond motifs is 1. The van der Waals surface area contributed by atoms with Gasteiger partial charge in [-0.05, 0) is 31.2 Å². The van der Waals surface area contributed by atoms with Crippen molar-refractivity contribution in [3.63, 3.8) is 0 Å². The summed E-state index contributed by atoms with van der Waals surface area (Å²) in [6, 6.07) is 9.20. The molecular formula is C15H11ClN2O4S. The average Bonchev–Trinajstić information content (AvgIpc) is 2.91. The van der Waals surface area contributed by atoms with E-state index in [0.29, 0.717) is 5.39 Å². The largest absolute Gasteiger partial charge is 0.476 e. The second kappa shape index (κ2) is 5.36. The predicted octanol–water partition coefficient (Wildman–Crippen LogP) is 2.93. The molecule has 0 spiro atoms. The second-order valence-corrected chi connectivity index (χ2v) is 7.17. The van der Waals surface area contributed by atoms with Crippen LogP contribution in [0, 0.1) is 6.92 Å². The van der Waals surface area contributed by atoms with Gasteiger partial charge in [0.15, 0.2) is 5.69 Å². The number of aromatic nitrogens is 2. The fourth-order valence-electron chi connectivity index (χ4n) is 2.28. The third-order valence-corrected chi connectivity index (χ3v) is 5.26. The van der Waals surface area contributed by atoms with Crippen LogP contribution in [-0.4, -0.2) is 28.5 Å². The summed E-state index contributed by atoms with van der Waals surface area (Å²) in [5, 5.41) is 9.67. The number of carboxylic acid groups (broad SMARTS) is 1. The number of nitrogens with zero attached hydrogens (tertiary/aromatic N) is 2. The normalized spacial score (nSPS) is 11.7. The lowest BCUT2D eigenvalue weighted by molar-refractivity contribution is 0.0692. The minimum atomic E-state index is -3.94. The maximum atomic E-state index is 12.8. The van der Waals surface area contributed by atoms with Crippen molar-refractivity contribution in [1.82, 2.24) is 8.96 Å².